The average molecular weight is 381 g/mol. The highest BCUT2D eigenvalue weighted by Gasteiger charge is 2.02. The first-order chi connectivity index (χ1) is 10.5. The fourth-order valence-corrected chi connectivity index (χ4v) is 2.38. The molecule has 120 valence electrons. The van der Waals surface area contributed by atoms with Crippen LogP contribution in [0, 0.1) is 0 Å². The number of nitrogens with one attached hydrogen (secondary N) is 1. The molecule has 8 heteroatoms. The van der Waals surface area contributed by atoms with E-state index >= 15 is 0 Å². The molecule has 1 heterocycles. The molecule has 0 saturated carbocycles. The van der Waals surface area contributed by atoms with Crippen molar-refractivity contribution >= 4 is 47.4 Å². The smallest absolute Gasteiger partial charge is 0.115 e. The number of aliphatic hydroxyl groups is 1. The number of hydrogen-bond donors (Lipinski definition) is 3. The van der Waals surface area contributed by atoms with E-state index < -0.39 is 0 Å². The second kappa shape index (κ2) is 11.0. The van der Waals surface area contributed by atoms with Crippen LogP contribution in [0.5, 0.6) is 0 Å². The highest BCUT2D eigenvalue weighted by molar-refractivity contribution is 7.80. The summed E-state index contributed by atoms with van der Waals surface area (Å²) in [6.07, 6.45) is 6.02. The molecule has 0 saturated heterocycles. The number of rotatable bonds is 5. The van der Waals surface area contributed by atoms with Gasteiger partial charge in [0.2, 0.25) is 0 Å². The first kappa shape index (κ1) is 19.5. The zero-order valence-electron chi connectivity index (χ0n) is 11.6. The quantitative estimate of drug-likeness (QED) is 0.548. The number of halogens is 3. The molecule has 0 radical (unpaired) electrons. The Morgan fingerprint density at radius 1 is 1.05 bits per heavy atom. The summed E-state index contributed by atoms with van der Waals surface area (Å²) in [5, 5.41) is 13.0. The lowest BCUT2D eigenvalue weighted by Crippen LogP contribution is -2.20. The zero-order valence-corrected chi connectivity index (χ0v) is 14.8. The van der Waals surface area contributed by atoms with Gasteiger partial charge in [0, 0.05) is 28.9 Å². The van der Waals surface area contributed by atoms with Crippen molar-refractivity contribution in [1.82, 2.24) is 15.3 Å². The molecule has 0 amide bonds. The molecular weight excluding hydrogens is 365 g/mol. The first-order valence-corrected chi connectivity index (χ1v) is 8.01. The summed E-state index contributed by atoms with van der Waals surface area (Å²) in [5.41, 5.74) is 1.11. The summed E-state index contributed by atoms with van der Waals surface area (Å²) in [4.78, 5) is 8.35. The van der Waals surface area contributed by atoms with Gasteiger partial charge < -0.3 is 10.4 Å². The van der Waals surface area contributed by atoms with Crippen molar-refractivity contribution in [3.63, 3.8) is 0 Å². The molecule has 0 aliphatic rings. The Kier molecular flexibility index (Phi) is 9.79. The first-order valence-electron chi connectivity index (χ1n) is 6.43. The van der Waals surface area contributed by atoms with E-state index in [9.17, 15) is 0 Å². The molecule has 0 bridgehead atoms. The average Bonchev–Trinajstić information content (AvgIpc) is 2.51. The summed E-state index contributed by atoms with van der Waals surface area (Å²) in [6.45, 7) is 1.69. The van der Waals surface area contributed by atoms with E-state index in [-0.39, 0.29) is 6.61 Å². The molecule has 0 fully saturated rings. The van der Waals surface area contributed by atoms with Crippen LogP contribution in [-0.2, 0) is 6.42 Å². The predicted octanol–water partition coefficient (Wildman–Crippen LogP) is 3.54. The van der Waals surface area contributed by atoms with Crippen LogP contribution < -0.4 is 5.32 Å². The molecule has 4 nitrogen and oxygen atoms in total. The number of benzene rings is 1. The fraction of sp³-hybridized carbons (Fsp3) is 0.286. The third kappa shape index (κ3) is 7.63. The van der Waals surface area contributed by atoms with Crippen LogP contribution in [0.1, 0.15) is 5.56 Å². The van der Waals surface area contributed by atoms with Gasteiger partial charge in [0.1, 0.15) is 6.33 Å². The maximum Gasteiger partial charge on any atom is 0.115 e. The van der Waals surface area contributed by atoms with Crippen molar-refractivity contribution < 1.29 is 5.11 Å². The normalized spacial score (nSPS) is 10.0. The van der Waals surface area contributed by atoms with E-state index in [0.29, 0.717) is 26.5 Å². The summed E-state index contributed by atoms with van der Waals surface area (Å²) in [7, 11) is 0. The van der Waals surface area contributed by atoms with Crippen LogP contribution in [0.25, 0.3) is 0 Å². The maximum absolute atomic E-state index is 8.48. The fourth-order valence-electron chi connectivity index (χ4n) is 1.43. The molecule has 0 atom stereocenters. The van der Waals surface area contributed by atoms with Crippen molar-refractivity contribution in [2.24, 2.45) is 0 Å². The Morgan fingerprint density at radius 2 is 1.64 bits per heavy atom. The van der Waals surface area contributed by atoms with E-state index in [0.717, 1.165) is 18.5 Å². The van der Waals surface area contributed by atoms with Crippen LogP contribution in [0.2, 0.25) is 15.1 Å². The summed E-state index contributed by atoms with van der Waals surface area (Å²) >= 11 is 21.0. The van der Waals surface area contributed by atoms with Gasteiger partial charge >= 0.3 is 0 Å². The molecule has 0 aliphatic carbocycles. The van der Waals surface area contributed by atoms with E-state index in [2.05, 4.69) is 27.9 Å². The second-order valence-electron chi connectivity index (χ2n) is 4.19. The molecule has 1 aromatic carbocycles. The molecule has 0 aliphatic heterocycles. The minimum Gasteiger partial charge on any atom is -0.395 e. The van der Waals surface area contributed by atoms with Gasteiger partial charge in [-0.2, -0.15) is 0 Å². The topological polar surface area (TPSA) is 58.0 Å². The zero-order chi connectivity index (χ0) is 16.4. The van der Waals surface area contributed by atoms with Gasteiger partial charge in [-0.3, -0.25) is 0 Å². The number of aliphatic hydroxyl groups excluding tert-OH is 1. The van der Waals surface area contributed by atoms with Gasteiger partial charge in [0.05, 0.1) is 16.7 Å². The molecule has 2 rings (SSSR count). The third-order valence-corrected chi connectivity index (χ3v) is 4.03. The van der Waals surface area contributed by atoms with Gasteiger partial charge in [0.25, 0.3) is 0 Å². The predicted molar refractivity (Wildman–Crippen MR) is 94.4 cm³/mol. The summed E-state index contributed by atoms with van der Waals surface area (Å²) in [6, 6.07) is 3.19. The standard InChI is InChI=1S/C8H13N3O.C6H3Cl3S/c12-4-3-9-2-1-8-5-10-7-11-6-8;7-3-1-4(8)6(10)5(9)2-3/h5-7,9,12H,1-4H2;1-2,10H. The van der Waals surface area contributed by atoms with Gasteiger partial charge in [-0.25, -0.2) is 9.97 Å². The van der Waals surface area contributed by atoms with Crippen molar-refractivity contribution in [2.45, 2.75) is 11.3 Å². The van der Waals surface area contributed by atoms with Crippen LogP contribution in [0.15, 0.2) is 35.7 Å². The van der Waals surface area contributed by atoms with Gasteiger partial charge in [-0.15, -0.1) is 12.6 Å². The molecule has 0 unspecified atom stereocenters. The van der Waals surface area contributed by atoms with Gasteiger partial charge in [0.15, 0.2) is 0 Å². The van der Waals surface area contributed by atoms with Gasteiger partial charge in [-0.1, -0.05) is 34.8 Å². The second-order valence-corrected chi connectivity index (χ2v) is 5.89. The number of hydrogen-bond acceptors (Lipinski definition) is 5. The SMILES string of the molecule is OCCNCCc1cncnc1.Sc1c(Cl)cc(Cl)cc1Cl. The summed E-state index contributed by atoms with van der Waals surface area (Å²) < 4.78 is 0. The highest BCUT2D eigenvalue weighted by Crippen LogP contribution is 2.31. The number of thiol groups is 1. The molecule has 0 spiro atoms. The Balaban J connectivity index is 0.000000224. The van der Waals surface area contributed by atoms with E-state index in [1.54, 1.807) is 24.5 Å². The monoisotopic (exact) mass is 379 g/mol. The van der Waals surface area contributed by atoms with E-state index in [1.165, 1.54) is 6.33 Å². The van der Waals surface area contributed by atoms with Crippen LogP contribution >= 0.6 is 47.4 Å². The number of nitrogens with zero attached hydrogens (tertiary/aromatic N) is 2. The molecule has 1 aromatic heterocycles. The van der Waals surface area contributed by atoms with Crippen LogP contribution in [0.3, 0.4) is 0 Å². The maximum atomic E-state index is 8.48. The molecule has 2 aromatic rings. The van der Waals surface area contributed by atoms with Crippen LogP contribution in [0.4, 0.5) is 0 Å². The van der Waals surface area contributed by atoms with Crippen molar-refractivity contribution in [3.05, 3.63) is 51.5 Å². The van der Waals surface area contributed by atoms with E-state index in [1.807, 2.05) is 0 Å². The lowest BCUT2D eigenvalue weighted by atomic mass is 10.2. The minimum atomic E-state index is 0.186. The number of aromatic nitrogens is 2. The minimum absolute atomic E-state index is 0.186. The Labute approximate surface area is 150 Å². The largest absolute Gasteiger partial charge is 0.395 e. The lowest BCUT2D eigenvalue weighted by molar-refractivity contribution is 0.293. The Hall–Kier alpha value is -0.560. The van der Waals surface area contributed by atoms with Crippen LogP contribution in [-0.4, -0.2) is 34.8 Å². The third-order valence-electron chi connectivity index (χ3n) is 2.47. The van der Waals surface area contributed by atoms with Crippen molar-refractivity contribution in [2.75, 3.05) is 19.7 Å². The molecule has 22 heavy (non-hydrogen) atoms. The van der Waals surface area contributed by atoms with Crippen molar-refractivity contribution in [1.29, 1.82) is 0 Å². The molecule has 2 N–H and O–H groups in total. The Bertz CT molecular complexity index is 550. The van der Waals surface area contributed by atoms with Gasteiger partial charge in [-0.05, 0) is 30.7 Å². The highest BCUT2D eigenvalue weighted by atomic mass is 35.5. The van der Waals surface area contributed by atoms with Crippen molar-refractivity contribution in [3.8, 4) is 0 Å². The van der Waals surface area contributed by atoms with E-state index in [4.69, 9.17) is 39.9 Å². The molecular formula is C14H16Cl3N3OS. The summed E-state index contributed by atoms with van der Waals surface area (Å²) in [5.74, 6) is 0. The Morgan fingerprint density at radius 3 is 2.18 bits per heavy atom. The lowest BCUT2D eigenvalue weighted by Gasteiger charge is -2.00.